The second-order valence-electron chi connectivity index (χ2n) is 9.47. The van der Waals surface area contributed by atoms with Gasteiger partial charge < -0.3 is 23.8 Å². The summed E-state index contributed by atoms with van der Waals surface area (Å²) in [5, 5.41) is 3.95. The second kappa shape index (κ2) is 8.50. The Bertz CT molecular complexity index is 939. The molecular formula is C24H32N4O4. The van der Waals surface area contributed by atoms with Crippen molar-refractivity contribution < 1.29 is 18.8 Å². The maximum atomic E-state index is 12.9. The van der Waals surface area contributed by atoms with Gasteiger partial charge >= 0.3 is 0 Å². The molecule has 0 saturated carbocycles. The molecule has 4 heterocycles. The lowest BCUT2D eigenvalue weighted by Gasteiger charge is -2.47. The van der Waals surface area contributed by atoms with Crippen LogP contribution in [0.1, 0.15) is 33.8 Å². The summed E-state index contributed by atoms with van der Waals surface area (Å²) < 4.78 is 17.2. The van der Waals surface area contributed by atoms with Gasteiger partial charge in [-0.25, -0.2) is 0 Å². The molecule has 0 aliphatic carbocycles. The van der Waals surface area contributed by atoms with Crippen LogP contribution in [0, 0.1) is 13.8 Å². The molecule has 1 unspecified atom stereocenters. The minimum Gasteiger partial charge on any atom is -0.489 e. The number of nitrogens with zero attached hydrogens (tertiary/aromatic N) is 4. The van der Waals surface area contributed by atoms with E-state index in [-0.39, 0.29) is 11.5 Å². The second-order valence-corrected chi connectivity index (χ2v) is 9.47. The van der Waals surface area contributed by atoms with Gasteiger partial charge in [0.05, 0.1) is 31.0 Å². The molecule has 1 atom stereocenters. The molecular weight excluding hydrogens is 408 g/mol. The van der Waals surface area contributed by atoms with Crippen molar-refractivity contribution >= 4 is 5.91 Å². The molecule has 0 N–H and O–H groups in total. The Kier molecular flexibility index (Phi) is 5.69. The molecule has 172 valence electrons. The molecule has 32 heavy (non-hydrogen) atoms. The summed E-state index contributed by atoms with van der Waals surface area (Å²) in [4.78, 5) is 19.7. The Balaban J connectivity index is 1.12. The lowest BCUT2D eigenvalue weighted by atomic mass is 9.88. The maximum Gasteiger partial charge on any atom is 0.254 e. The number of hydrogen-bond donors (Lipinski definition) is 0. The molecule has 1 aromatic carbocycles. The summed E-state index contributed by atoms with van der Waals surface area (Å²) in [6.07, 6.45) is 1.02. The van der Waals surface area contributed by atoms with Crippen molar-refractivity contribution in [1.29, 1.82) is 0 Å². The van der Waals surface area contributed by atoms with Crippen molar-refractivity contribution in [3.05, 3.63) is 46.8 Å². The van der Waals surface area contributed by atoms with E-state index in [1.165, 1.54) is 0 Å². The third-order valence-electron chi connectivity index (χ3n) is 7.15. The number of carbonyl (C=O) groups excluding carboxylic acids is 1. The van der Waals surface area contributed by atoms with Crippen LogP contribution in [0.25, 0.3) is 0 Å². The smallest absolute Gasteiger partial charge is 0.254 e. The van der Waals surface area contributed by atoms with Gasteiger partial charge in [-0.1, -0.05) is 5.16 Å². The Labute approximate surface area is 189 Å². The number of likely N-dealkylation sites (tertiary alicyclic amines) is 1. The molecule has 8 heteroatoms. The number of rotatable bonds is 5. The Hall–Kier alpha value is -2.42. The fourth-order valence-corrected chi connectivity index (χ4v) is 4.99. The van der Waals surface area contributed by atoms with Crippen LogP contribution in [-0.4, -0.2) is 90.3 Å². The van der Waals surface area contributed by atoms with Crippen molar-refractivity contribution in [3.8, 4) is 5.75 Å². The van der Waals surface area contributed by atoms with E-state index in [4.69, 9.17) is 14.0 Å². The number of piperazine rings is 1. The third kappa shape index (κ3) is 4.14. The van der Waals surface area contributed by atoms with Crippen molar-refractivity contribution in [2.45, 2.75) is 38.5 Å². The van der Waals surface area contributed by atoms with Crippen LogP contribution in [0.2, 0.25) is 0 Å². The molecule has 1 aromatic heterocycles. The van der Waals surface area contributed by atoms with Crippen LogP contribution >= 0.6 is 0 Å². The van der Waals surface area contributed by atoms with Gasteiger partial charge in [0, 0.05) is 37.8 Å². The average molecular weight is 441 g/mol. The number of aryl methyl sites for hydroxylation is 2. The number of ether oxygens (including phenoxy) is 2. The monoisotopic (exact) mass is 440 g/mol. The first-order chi connectivity index (χ1) is 15.4. The Morgan fingerprint density at radius 1 is 1.16 bits per heavy atom. The summed E-state index contributed by atoms with van der Waals surface area (Å²) in [5.74, 6) is 1.54. The van der Waals surface area contributed by atoms with E-state index in [2.05, 4.69) is 22.0 Å². The third-order valence-corrected chi connectivity index (χ3v) is 7.15. The molecule has 5 rings (SSSR count). The standard InChI is InChI=1S/C24H32N4O4/c1-17-22(18(2)32-25-17)14-30-21-6-4-19(5-7-21)23(29)28-15-24(16-28)12-20(13-31-24)27-10-8-26(3)9-11-27/h4-7,20H,8-16H2,1-3H3. The fraction of sp³-hybridized carbons (Fsp3) is 0.583. The van der Waals surface area contributed by atoms with Crippen molar-refractivity contribution in [2.24, 2.45) is 0 Å². The van der Waals surface area contributed by atoms with Crippen LogP contribution in [0.4, 0.5) is 0 Å². The summed E-state index contributed by atoms with van der Waals surface area (Å²) in [6.45, 7) is 10.8. The highest BCUT2D eigenvalue weighted by molar-refractivity contribution is 5.95. The van der Waals surface area contributed by atoms with Gasteiger partial charge in [-0.15, -0.1) is 0 Å². The zero-order chi connectivity index (χ0) is 22.3. The molecule has 8 nitrogen and oxygen atoms in total. The Morgan fingerprint density at radius 2 is 1.88 bits per heavy atom. The van der Waals surface area contributed by atoms with E-state index in [0.29, 0.717) is 31.3 Å². The predicted octanol–water partition coefficient (Wildman–Crippen LogP) is 2.10. The van der Waals surface area contributed by atoms with Crippen LogP contribution < -0.4 is 4.74 Å². The molecule has 3 aliphatic rings. The highest BCUT2D eigenvalue weighted by Gasteiger charge is 2.52. The summed E-state index contributed by atoms with van der Waals surface area (Å²) in [6, 6.07) is 7.83. The quantitative estimate of drug-likeness (QED) is 0.705. The van der Waals surface area contributed by atoms with E-state index >= 15 is 0 Å². The highest BCUT2D eigenvalue weighted by atomic mass is 16.5. The number of likely N-dealkylation sites (N-methyl/N-ethyl adjacent to an activating group) is 1. The zero-order valence-corrected chi connectivity index (χ0v) is 19.2. The van der Waals surface area contributed by atoms with Gasteiger partial charge in [-0.2, -0.15) is 0 Å². The van der Waals surface area contributed by atoms with Gasteiger partial charge in [0.25, 0.3) is 5.91 Å². The van der Waals surface area contributed by atoms with Crippen molar-refractivity contribution in [2.75, 3.05) is 52.9 Å². The molecule has 0 radical (unpaired) electrons. The van der Waals surface area contributed by atoms with Crippen molar-refractivity contribution in [1.82, 2.24) is 19.9 Å². The molecule has 3 fully saturated rings. The van der Waals surface area contributed by atoms with Crippen LogP contribution in [0.3, 0.4) is 0 Å². The first-order valence-electron chi connectivity index (χ1n) is 11.4. The zero-order valence-electron chi connectivity index (χ0n) is 19.2. The van der Waals surface area contributed by atoms with Crippen molar-refractivity contribution in [3.63, 3.8) is 0 Å². The minimum absolute atomic E-state index is 0.0551. The number of carbonyl (C=O) groups is 1. The largest absolute Gasteiger partial charge is 0.489 e. The normalized spacial score (nSPS) is 23.5. The number of benzene rings is 1. The van der Waals surface area contributed by atoms with E-state index in [1.807, 2.05) is 43.0 Å². The SMILES string of the molecule is Cc1noc(C)c1COc1ccc(C(=O)N2CC3(CC(N4CCN(C)CC4)CO3)C2)cc1. The molecule has 1 spiro atoms. The van der Waals surface area contributed by atoms with Gasteiger partial charge in [0.1, 0.15) is 23.7 Å². The predicted molar refractivity (Wildman–Crippen MR) is 119 cm³/mol. The fourth-order valence-electron chi connectivity index (χ4n) is 4.99. The van der Waals surface area contributed by atoms with Crippen LogP contribution in [-0.2, 0) is 11.3 Å². The highest BCUT2D eigenvalue weighted by Crippen LogP contribution is 2.38. The van der Waals surface area contributed by atoms with Gasteiger partial charge in [-0.05, 0) is 51.6 Å². The molecule has 3 aliphatic heterocycles. The molecule has 1 amide bonds. The molecule has 3 saturated heterocycles. The van der Waals surface area contributed by atoms with E-state index in [9.17, 15) is 4.79 Å². The van der Waals surface area contributed by atoms with E-state index in [0.717, 1.165) is 62.0 Å². The first kappa shape index (κ1) is 21.4. The van der Waals surface area contributed by atoms with E-state index < -0.39 is 0 Å². The number of amides is 1. The average Bonchev–Trinajstić information content (AvgIpc) is 3.36. The first-order valence-corrected chi connectivity index (χ1v) is 11.4. The van der Waals surface area contributed by atoms with Crippen LogP contribution in [0.5, 0.6) is 5.75 Å². The number of aromatic nitrogens is 1. The Morgan fingerprint density at radius 3 is 2.53 bits per heavy atom. The molecule has 0 bridgehead atoms. The summed E-state index contributed by atoms with van der Waals surface area (Å²) in [5.41, 5.74) is 2.33. The summed E-state index contributed by atoms with van der Waals surface area (Å²) >= 11 is 0. The topological polar surface area (TPSA) is 71.3 Å². The van der Waals surface area contributed by atoms with Gasteiger partial charge in [-0.3, -0.25) is 9.69 Å². The lowest BCUT2D eigenvalue weighted by Crippen LogP contribution is -2.63. The van der Waals surface area contributed by atoms with Crippen LogP contribution in [0.15, 0.2) is 28.8 Å². The minimum atomic E-state index is -0.152. The van der Waals surface area contributed by atoms with E-state index in [1.54, 1.807) is 0 Å². The lowest BCUT2D eigenvalue weighted by molar-refractivity contribution is -0.0951. The van der Waals surface area contributed by atoms with Gasteiger partial charge in [0.2, 0.25) is 0 Å². The van der Waals surface area contributed by atoms with Gasteiger partial charge in [0.15, 0.2) is 0 Å². The number of hydrogen-bond acceptors (Lipinski definition) is 7. The maximum absolute atomic E-state index is 12.9. The summed E-state index contributed by atoms with van der Waals surface area (Å²) in [7, 11) is 2.18. The molecule has 2 aromatic rings.